The normalized spacial score (nSPS) is 9.80. The van der Waals surface area contributed by atoms with Crippen LogP contribution >= 0.6 is 0 Å². The molecule has 0 saturated carbocycles. The largest absolute Gasteiger partial charge is 0.469 e. The lowest BCUT2D eigenvalue weighted by Gasteiger charge is -1.95. The Hall–Kier alpha value is -2.01. The van der Waals surface area contributed by atoms with Crippen molar-refractivity contribution in [3.63, 3.8) is 0 Å². The van der Waals surface area contributed by atoms with E-state index in [0.717, 1.165) is 17.7 Å². The lowest BCUT2D eigenvalue weighted by molar-refractivity contribution is 0.520. The Morgan fingerprint density at radius 3 is 2.80 bits per heavy atom. The molecule has 0 aliphatic carbocycles. The molecular weight excluding hydrogens is 186 g/mol. The Morgan fingerprint density at radius 2 is 2.07 bits per heavy atom. The molecule has 0 aliphatic rings. The number of benzene rings is 1. The number of hydrogen-bond donors (Lipinski definition) is 0. The maximum absolute atomic E-state index is 8.47. The van der Waals surface area contributed by atoms with E-state index in [-0.39, 0.29) is 0 Å². The Bertz CT molecular complexity index is 465. The summed E-state index contributed by atoms with van der Waals surface area (Å²) in [6.07, 6.45) is 3.83. The predicted molar refractivity (Wildman–Crippen MR) is 57.0 cm³/mol. The molecule has 0 atom stereocenters. The monoisotopic (exact) mass is 196 g/mol. The van der Waals surface area contributed by atoms with Crippen molar-refractivity contribution in [1.82, 2.24) is 0 Å². The summed E-state index contributed by atoms with van der Waals surface area (Å²) >= 11 is 0. The van der Waals surface area contributed by atoms with Crippen molar-refractivity contribution < 1.29 is 4.42 Å². The molecule has 1 aromatic heterocycles. The summed E-state index contributed by atoms with van der Waals surface area (Å²) in [5.41, 5.74) is 2.03. The molecule has 0 N–H and O–H groups in total. The van der Waals surface area contributed by atoms with Crippen LogP contribution in [0.2, 0.25) is 0 Å². The van der Waals surface area contributed by atoms with Gasteiger partial charge in [-0.25, -0.2) is 0 Å². The van der Waals surface area contributed by atoms with Crippen LogP contribution in [-0.4, -0.2) is 0 Å². The zero-order valence-corrected chi connectivity index (χ0v) is 8.18. The number of rotatable bonds is 3. The van der Waals surface area contributed by atoms with E-state index in [4.69, 9.17) is 9.68 Å². The van der Waals surface area contributed by atoms with E-state index in [9.17, 15) is 0 Å². The summed E-state index contributed by atoms with van der Waals surface area (Å²) in [6, 6.07) is 14.0. The van der Waals surface area contributed by atoms with E-state index >= 15 is 0 Å². The van der Waals surface area contributed by atoms with Gasteiger partial charge in [-0.15, -0.1) is 0 Å². The summed E-state index contributed by atoms with van der Waals surface area (Å²) in [7, 11) is 0. The van der Waals surface area contributed by atoms with E-state index in [1.165, 1.54) is 12.0 Å². The Balaban J connectivity index is 2.09. The maximum atomic E-state index is 8.47. The Kier molecular flexibility index (Phi) is 2.85. The molecule has 0 unspecified atom stereocenters. The first kappa shape index (κ1) is 9.54. The van der Waals surface area contributed by atoms with Crippen LogP contribution < -0.4 is 0 Å². The minimum Gasteiger partial charge on any atom is -0.469 e. The lowest BCUT2D eigenvalue weighted by Crippen LogP contribution is -1.83. The van der Waals surface area contributed by atoms with Crippen LogP contribution in [0.25, 0.3) is 0 Å². The van der Waals surface area contributed by atoms with Gasteiger partial charge in [-0.3, -0.25) is 0 Å². The number of furan rings is 1. The van der Waals surface area contributed by atoms with E-state index in [2.05, 4.69) is 12.1 Å². The van der Waals surface area contributed by atoms with E-state index < -0.39 is 0 Å². The number of hydrogen-bond acceptors (Lipinski definition) is 2. The van der Waals surface area contributed by atoms with Gasteiger partial charge in [-0.1, -0.05) is 30.3 Å². The number of nitriles is 1. The van der Waals surface area contributed by atoms with Crippen LogP contribution in [-0.2, 0) is 6.42 Å². The van der Waals surface area contributed by atoms with Crippen LogP contribution in [0.15, 0.2) is 47.1 Å². The average Bonchev–Trinajstić information content (AvgIpc) is 2.68. The van der Waals surface area contributed by atoms with Gasteiger partial charge in [0.25, 0.3) is 0 Å². The van der Waals surface area contributed by atoms with Gasteiger partial charge in [-0.05, 0) is 11.6 Å². The standard InChI is InChI=1S/C13H10NO/c14-7-6-12-9-13(15-10-12)8-11-4-2-1-3-5-11/h1-6,9-10H,8H2. The highest BCUT2D eigenvalue weighted by molar-refractivity contribution is 5.29. The lowest BCUT2D eigenvalue weighted by atomic mass is 10.1. The molecule has 0 fully saturated rings. The van der Waals surface area contributed by atoms with Gasteiger partial charge >= 0.3 is 0 Å². The van der Waals surface area contributed by atoms with Crippen LogP contribution in [0.1, 0.15) is 16.9 Å². The zero-order valence-electron chi connectivity index (χ0n) is 8.18. The molecule has 0 amide bonds. The minimum atomic E-state index is 0.764. The Morgan fingerprint density at radius 1 is 1.27 bits per heavy atom. The molecule has 15 heavy (non-hydrogen) atoms. The highest BCUT2D eigenvalue weighted by atomic mass is 16.3. The highest BCUT2D eigenvalue weighted by Crippen LogP contribution is 2.13. The van der Waals surface area contributed by atoms with Gasteiger partial charge in [0, 0.05) is 12.0 Å². The van der Waals surface area contributed by atoms with Crippen molar-refractivity contribution in [2.24, 2.45) is 0 Å². The van der Waals surface area contributed by atoms with Crippen molar-refractivity contribution >= 4 is 0 Å². The van der Waals surface area contributed by atoms with Crippen molar-refractivity contribution in [2.45, 2.75) is 6.42 Å². The van der Waals surface area contributed by atoms with Crippen molar-refractivity contribution in [1.29, 1.82) is 5.26 Å². The second kappa shape index (κ2) is 4.47. The van der Waals surface area contributed by atoms with Gasteiger partial charge in [0.2, 0.25) is 0 Å². The molecule has 1 heterocycles. The molecule has 0 saturated heterocycles. The fourth-order valence-corrected chi connectivity index (χ4v) is 1.44. The molecule has 1 radical (unpaired) electrons. The smallest absolute Gasteiger partial charge is 0.108 e. The highest BCUT2D eigenvalue weighted by Gasteiger charge is 2.02. The van der Waals surface area contributed by atoms with Crippen molar-refractivity contribution in [3.05, 3.63) is 66.0 Å². The van der Waals surface area contributed by atoms with E-state index in [1.807, 2.05) is 30.3 Å². The van der Waals surface area contributed by atoms with Gasteiger partial charge in [0.05, 0.1) is 18.8 Å². The first-order valence-electron chi connectivity index (χ1n) is 4.72. The fourth-order valence-electron chi connectivity index (χ4n) is 1.44. The summed E-state index contributed by atoms with van der Waals surface area (Å²) in [6.45, 7) is 0. The van der Waals surface area contributed by atoms with Crippen molar-refractivity contribution in [2.75, 3.05) is 0 Å². The molecule has 2 heteroatoms. The second-order valence-corrected chi connectivity index (χ2v) is 3.28. The summed E-state index contributed by atoms with van der Waals surface area (Å²) in [5.74, 6) is 0.878. The topological polar surface area (TPSA) is 36.9 Å². The third-order valence-corrected chi connectivity index (χ3v) is 2.13. The maximum Gasteiger partial charge on any atom is 0.108 e. The molecule has 2 nitrogen and oxygen atoms in total. The SMILES string of the molecule is N#C[CH]c1coc(Cc2ccccc2)c1. The van der Waals surface area contributed by atoms with Crippen molar-refractivity contribution in [3.8, 4) is 6.07 Å². The third-order valence-electron chi connectivity index (χ3n) is 2.13. The summed E-state index contributed by atoms with van der Waals surface area (Å²) in [4.78, 5) is 0. The molecule has 2 rings (SSSR count). The van der Waals surface area contributed by atoms with Gasteiger partial charge in [0.1, 0.15) is 5.76 Å². The second-order valence-electron chi connectivity index (χ2n) is 3.28. The molecule has 1 aromatic carbocycles. The molecule has 0 bridgehead atoms. The Labute approximate surface area is 88.8 Å². The first-order valence-corrected chi connectivity index (χ1v) is 4.72. The van der Waals surface area contributed by atoms with Crippen LogP contribution in [0.5, 0.6) is 0 Å². The van der Waals surface area contributed by atoms with Crippen LogP contribution in [0.3, 0.4) is 0 Å². The molecular formula is C13H10NO. The summed E-state index contributed by atoms with van der Waals surface area (Å²) in [5, 5.41) is 8.47. The van der Waals surface area contributed by atoms with Gasteiger partial charge < -0.3 is 4.42 Å². The van der Waals surface area contributed by atoms with Crippen LogP contribution in [0, 0.1) is 17.8 Å². The fraction of sp³-hybridized carbons (Fsp3) is 0.0769. The predicted octanol–water partition coefficient (Wildman–Crippen LogP) is 2.95. The average molecular weight is 196 g/mol. The molecule has 0 spiro atoms. The number of nitrogens with zero attached hydrogens (tertiary/aromatic N) is 1. The zero-order chi connectivity index (χ0) is 10.5. The quantitative estimate of drug-likeness (QED) is 0.756. The first-order chi connectivity index (χ1) is 7.38. The molecule has 0 aliphatic heterocycles. The molecule has 73 valence electrons. The van der Waals surface area contributed by atoms with Gasteiger partial charge in [0.15, 0.2) is 0 Å². The third kappa shape index (κ3) is 2.47. The van der Waals surface area contributed by atoms with Crippen LogP contribution in [0.4, 0.5) is 0 Å². The van der Waals surface area contributed by atoms with E-state index in [1.54, 1.807) is 6.26 Å². The molecule has 2 aromatic rings. The minimum absolute atomic E-state index is 0.764. The van der Waals surface area contributed by atoms with Gasteiger partial charge in [-0.2, -0.15) is 5.26 Å². The summed E-state index contributed by atoms with van der Waals surface area (Å²) < 4.78 is 5.34. The van der Waals surface area contributed by atoms with E-state index in [0.29, 0.717) is 0 Å².